The number of furan rings is 1. The number of amides is 1. The second kappa shape index (κ2) is 6.93. The van der Waals surface area contributed by atoms with Crippen molar-refractivity contribution in [1.82, 2.24) is 15.3 Å². The number of hydrogen-bond acceptors (Lipinski definition) is 5. The van der Waals surface area contributed by atoms with Gasteiger partial charge in [-0.05, 0) is 24.3 Å². The summed E-state index contributed by atoms with van der Waals surface area (Å²) in [6.07, 6.45) is 4.43. The maximum atomic E-state index is 12.0. The van der Waals surface area contributed by atoms with Gasteiger partial charge in [-0.15, -0.1) is 0 Å². The summed E-state index contributed by atoms with van der Waals surface area (Å²) in [4.78, 5) is 20.2. The summed E-state index contributed by atoms with van der Waals surface area (Å²) < 4.78 is 5.14. The number of nitrogens with one attached hydrogen (secondary N) is 2. The first-order valence-corrected chi connectivity index (χ1v) is 7.24. The van der Waals surface area contributed by atoms with E-state index >= 15 is 0 Å². The van der Waals surface area contributed by atoms with Gasteiger partial charge in [-0.1, -0.05) is 23.7 Å². The predicted molar refractivity (Wildman–Crippen MR) is 86.6 cm³/mol. The van der Waals surface area contributed by atoms with Gasteiger partial charge in [-0.2, -0.15) is 0 Å². The lowest BCUT2D eigenvalue weighted by Crippen LogP contribution is -2.23. The monoisotopic (exact) mass is 328 g/mol. The van der Waals surface area contributed by atoms with Gasteiger partial charge in [-0.3, -0.25) is 4.79 Å². The van der Waals surface area contributed by atoms with E-state index in [1.54, 1.807) is 24.5 Å². The SMILES string of the molecule is O=C(NCc1ccco1)c1cnc(Nc2ccccc2Cl)cn1. The lowest BCUT2D eigenvalue weighted by atomic mass is 10.3. The summed E-state index contributed by atoms with van der Waals surface area (Å²) >= 11 is 6.06. The molecule has 0 aliphatic carbocycles. The average Bonchev–Trinajstić information content (AvgIpc) is 3.09. The third kappa shape index (κ3) is 3.87. The zero-order valence-electron chi connectivity index (χ0n) is 12.0. The fourth-order valence-electron chi connectivity index (χ4n) is 1.88. The lowest BCUT2D eigenvalue weighted by Gasteiger charge is -2.07. The lowest BCUT2D eigenvalue weighted by molar-refractivity contribution is 0.0942. The highest BCUT2D eigenvalue weighted by Crippen LogP contribution is 2.23. The second-order valence-corrected chi connectivity index (χ2v) is 5.06. The van der Waals surface area contributed by atoms with Crippen LogP contribution in [-0.4, -0.2) is 15.9 Å². The third-order valence-corrected chi connectivity index (χ3v) is 3.35. The summed E-state index contributed by atoms with van der Waals surface area (Å²) in [6.45, 7) is 0.299. The Labute approximate surface area is 137 Å². The fraction of sp³-hybridized carbons (Fsp3) is 0.0625. The maximum Gasteiger partial charge on any atom is 0.271 e. The number of carbonyl (C=O) groups is 1. The van der Waals surface area contributed by atoms with E-state index in [1.165, 1.54) is 12.4 Å². The Morgan fingerprint density at radius 3 is 2.70 bits per heavy atom. The molecule has 23 heavy (non-hydrogen) atoms. The van der Waals surface area contributed by atoms with Crippen molar-refractivity contribution in [2.24, 2.45) is 0 Å². The molecule has 0 saturated carbocycles. The summed E-state index contributed by atoms with van der Waals surface area (Å²) in [6, 6.07) is 10.8. The van der Waals surface area contributed by atoms with Crippen molar-refractivity contribution in [3.63, 3.8) is 0 Å². The first-order valence-electron chi connectivity index (χ1n) is 6.86. The van der Waals surface area contributed by atoms with E-state index in [4.69, 9.17) is 16.0 Å². The van der Waals surface area contributed by atoms with Crippen LogP contribution in [0.2, 0.25) is 5.02 Å². The van der Waals surface area contributed by atoms with Gasteiger partial charge in [0, 0.05) is 0 Å². The van der Waals surface area contributed by atoms with Gasteiger partial charge in [0.2, 0.25) is 0 Å². The van der Waals surface area contributed by atoms with E-state index in [-0.39, 0.29) is 11.6 Å². The Hall–Kier alpha value is -2.86. The van der Waals surface area contributed by atoms with E-state index in [1.807, 2.05) is 18.2 Å². The van der Waals surface area contributed by atoms with Crippen molar-refractivity contribution in [3.8, 4) is 0 Å². The van der Waals surface area contributed by atoms with Gasteiger partial charge in [-0.25, -0.2) is 9.97 Å². The molecule has 3 aromatic rings. The van der Waals surface area contributed by atoms with E-state index in [9.17, 15) is 4.79 Å². The molecular weight excluding hydrogens is 316 g/mol. The fourth-order valence-corrected chi connectivity index (χ4v) is 2.06. The van der Waals surface area contributed by atoms with Gasteiger partial charge >= 0.3 is 0 Å². The van der Waals surface area contributed by atoms with E-state index in [2.05, 4.69) is 20.6 Å². The highest BCUT2D eigenvalue weighted by Gasteiger charge is 2.09. The topological polar surface area (TPSA) is 80.0 Å². The zero-order valence-corrected chi connectivity index (χ0v) is 12.7. The molecule has 0 atom stereocenters. The van der Waals surface area contributed by atoms with Crippen LogP contribution in [0.5, 0.6) is 0 Å². The summed E-state index contributed by atoms with van der Waals surface area (Å²) in [7, 11) is 0. The van der Waals surface area contributed by atoms with Crippen LogP contribution in [0.4, 0.5) is 11.5 Å². The van der Waals surface area contributed by atoms with E-state index in [0.29, 0.717) is 23.1 Å². The summed E-state index contributed by atoms with van der Waals surface area (Å²) in [5.41, 5.74) is 0.944. The minimum atomic E-state index is -0.321. The van der Waals surface area contributed by atoms with E-state index in [0.717, 1.165) is 5.69 Å². The number of anilines is 2. The van der Waals surface area contributed by atoms with Crippen molar-refractivity contribution in [2.45, 2.75) is 6.54 Å². The molecule has 0 aliphatic heterocycles. The number of nitrogens with zero attached hydrogens (tertiary/aromatic N) is 2. The number of halogens is 1. The van der Waals surface area contributed by atoms with Crippen LogP contribution in [0.3, 0.4) is 0 Å². The Bertz CT molecular complexity index is 788. The Kier molecular flexibility index (Phi) is 4.54. The number of carbonyl (C=O) groups excluding carboxylic acids is 1. The molecule has 7 heteroatoms. The molecule has 0 bridgehead atoms. The molecule has 116 valence electrons. The molecule has 0 fully saturated rings. The molecule has 2 N–H and O–H groups in total. The molecule has 1 aromatic carbocycles. The van der Waals surface area contributed by atoms with Gasteiger partial charge in [0.15, 0.2) is 0 Å². The van der Waals surface area contributed by atoms with Crippen LogP contribution in [0.1, 0.15) is 16.2 Å². The Morgan fingerprint density at radius 1 is 1.13 bits per heavy atom. The standard InChI is InChI=1S/C16H13ClN4O2/c17-12-5-1-2-6-13(12)21-15-10-18-14(9-19-15)16(22)20-8-11-4-3-7-23-11/h1-7,9-10H,8H2,(H,19,21)(H,20,22). The number of hydrogen-bond donors (Lipinski definition) is 2. The van der Waals surface area contributed by atoms with E-state index < -0.39 is 0 Å². The molecule has 0 saturated heterocycles. The molecule has 3 rings (SSSR count). The quantitative estimate of drug-likeness (QED) is 0.750. The third-order valence-electron chi connectivity index (χ3n) is 3.02. The molecular formula is C16H13ClN4O2. The minimum Gasteiger partial charge on any atom is -0.467 e. The maximum absolute atomic E-state index is 12.0. The van der Waals surface area contributed by atoms with Gasteiger partial charge < -0.3 is 15.1 Å². The highest BCUT2D eigenvalue weighted by atomic mass is 35.5. The van der Waals surface area contributed by atoms with Gasteiger partial charge in [0.25, 0.3) is 5.91 Å². The normalized spacial score (nSPS) is 10.3. The van der Waals surface area contributed by atoms with Crippen LogP contribution in [0.15, 0.2) is 59.5 Å². The molecule has 0 radical (unpaired) electrons. The first-order chi connectivity index (χ1) is 11.2. The van der Waals surface area contributed by atoms with Crippen LogP contribution in [0, 0.1) is 0 Å². The number of benzene rings is 1. The smallest absolute Gasteiger partial charge is 0.271 e. The largest absolute Gasteiger partial charge is 0.467 e. The van der Waals surface area contributed by atoms with Crippen molar-refractivity contribution in [3.05, 3.63) is 71.5 Å². The van der Waals surface area contributed by atoms with Crippen molar-refractivity contribution in [1.29, 1.82) is 0 Å². The van der Waals surface area contributed by atoms with Crippen LogP contribution in [-0.2, 0) is 6.54 Å². The Balaban J connectivity index is 1.62. The van der Waals surface area contributed by atoms with Gasteiger partial charge in [0.1, 0.15) is 17.3 Å². The second-order valence-electron chi connectivity index (χ2n) is 4.65. The molecule has 0 unspecified atom stereocenters. The van der Waals surface area contributed by atoms with Crippen LogP contribution >= 0.6 is 11.6 Å². The molecule has 1 amide bonds. The van der Waals surface area contributed by atoms with Crippen LogP contribution < -0.4 is 10.6 Å². The zero-order chi connectivity index (χ0) is 16.1. The van der Waals surface area contributed by atoms with Crippen molar-refractivity contribution >= 4 is 29.0 Å². The number of rotatable bonds is 5. The highest BCUT2D eigenvalue weighted by molar-refractivity contribution is 6.33. The summed E-state index contributed by atoms with van der Waals surface area (Å²) in [5, 5.41) is 6.32. The molecule has 0 aliphatic rings. The molecule has 6 nitrogen and oxygen atoms in total. The minimum absolute atomic E-state index is 0.223. The first kappa shape index (κ1) is 15.1. The predicted octanol–water partition coefficient (Wildman–Crippen LogP) is 3.40. The summed E-state index contributed by atoms with van der Waals surface area (Å²) in [5.74, 6) is 0.849. The van der Waals surface area contributed by atoms with Crippen molar-refractivity contribution < 1.29 is 9.21 Å². The number of aromatic nitrogens is 2. The van der Waals surface area contributed by atoms with Gasteiger partial charge in [0.05, 0.1) is 35.9 Å². The average molecular weight is 329 g/mol. The molecule has 2 heterocycles. The molecule has 2 aromatic heterocycles. The Morgan fingerprint density at radius 2 is 2.00 bits per heavy atom. The van der Waals surface area contributed by atoms with Crippen molar-refractivity contribution in [2.75, 3.05) is 5.32 Å². The van der Waals surface area contributed by atoms with Crippen LogP contribution in [0.25, 0.3) is 0 Å². The number of para-hydroxylation sites is 1. The molecule has 0 spiro atoms.